The molecule has 3 aromatic rings. The van der Waals surface area contributed by atoms with E-state index in [1.165, 1.54) is 0 Å². The molecule has 1 aliphatic rings. The summed E-state index contributed by atoms with van der Waals surface area (Å²) in [5, 5.41) is 5.90. The Morgan fingerprint density at radius 3 is 3.00 bits per heavy atom. The number of ether oxygens (including phenoxy) is 1. The molecule has 4 rings (SSSR count). The Kier molecular flexibility index (Phi) is 3.97. The molecular weight excluding hydrogens is 342 g/mol. The zero-order chi connectivity index (χ0) is 16.7. The Morgan fingerprint density at radius 2 is 2.29 bits per heavy atom. The molecule has 5 nitrogen and oxygen atoms in total. The molecule has 0 saturated carbocycles. The molecule has 0 radical (unpaired) electrons. The topological polar surface area (TPSA) is 64.1 Å². The van der Waals surface area contributed by atoms with Gasteiger partial charge in [-0.05, 0) is 26.0 Å². The lowest BCUT2D eigenvalue weighted by atomic mass is 10.0. The third-order valence-electron chi connectivity index (χ3n) is 4.28. The van der Waals surface area contributed by atoms with Gasteiger partial charge in [0, 0.05) is 29.8 Å². The molecule has 1 aromatic carbocycles. The summed E-state index contributed by atoms with van der Waals surface area (Å²) in [6.07, 6.45) is 0.484. The Balaban J connectivity index is 1.71. The van der Waals surface area contributed by atoms with Crippen LogP contribution < -0.4 is 10.1 Å². The van der Waals surface area contributed by atoms with Gasteiger partial charge < -0.3 is 10.1 Å². The lowest BCUT2D eigenvalue weighted by molar-refractivity contribution is -0.119. The van der Waals surface area contributed by atoms with Gasteiger partial charge >= 0.3 is 0 Å². The van der Waals surface area contributed by atoms with Crippen LogP contribution in [-0.2, 0) is 4.79 Å². The zero-order valence-corrected chi connectivity index (χ0v) is 15.0. The van der Waals surface area contributed by atoms with Gasteiger partial charge in [-0.3, -0.25) is 4.79 Å². The SMILES string of the molecule is Cc1nc2cc(-c3cscn3)cc(O[C@H](C)[C@H]3CNC(=O)C3)c2s1. The molecule has 124 valence electrons. The Morgan fingerprint density at radius 1 is 1.42 bits per heavy atom. The minimum atomic E-state index is -0.0414. The van der Waals surface area contributed by atoms with E-state index >= 15 is 0 Å². The number of nitrogens with zero attached hydrogens (tertiary/aromatic N) is 2. The van der Waals surface area contributed by atoms with E-state index in [9.17, 15) is 4.79 Å². The molecule has 1 N–H and O–H groups in total. The maximum absolute atomic E-state index is 11.5. The first-order valence-corrected chi connectivity index (χ1v) is 9.59. The van der Waals surface area contributed by atoms with Crippen LogP contribution >= 0.6 is 22.7 Å². The van der Waals surface area contributed by atoms with Crippen molar-refractivity contribution in [2.24, 2.45) is 5.92 Å². The monoisotopic (exact) mass is 359 g/mol. The third-order valence-corrected chi connectivity index (χ3v) is 5.86. The fourth-order valence-corrected chi connectivity index (χ4v) is 4.38. The molecule has 1 amide bonds. The first-order valence-electron chi connectivity index (χ1n) is 7.83. The number of fused-ring (bicyclic) bond motifs is 1. The first kappa shape index (κ1) is 15.5. The van der Waals surface area contributed by atoms with Crippen LogP contribution in [-0.4, -0.2) is 28.5 Å². The highest BCUT2D eigenvalue weighted by molar-refractivity contribution is 7.18. The fourth-order valence-electron chi connectivity index (χ4n) is 2.96. The Hall–Kier alpha value is -1.99. The van der Waals surface area contributed by atoms with Gasteiger partial charge in [-0.25, -0.2) is 9.97 Å². The summed E-state index contributed by atoms with van der Waals surface area (Å²) in [4.78, 5) is 20.5. The molecule has 0 aliphatic carbocycles. The van der Waals surface area contributed by atoms with Gasteiger partial charge in [0.05, 0.1) is 26.4 Å². The van der Waals surface area contributed by atoms with Crippen molar-refractivity contribution in [3.05, 3.63) is 28.0 Å². The average Bonchev–Trinajstić information content (AvgIpc) is 3.26. The lowest BCUT2D eigenvalue weighted by Gasteiger charge is -2.20. The van der Waals surface area contributed by atoms with Gasteiger partial charge in [0.25, 0.3) is 0 Å². The molecule has 1 aliphatic heterocycles. The van der Waals surface area contributed by atoms with E-state index < -0.39 is 0 Å². The molecule has 0 unspecified atom stereocenters. The largest absolute Gasteiger partial charge is 0.489 e. The van der Waals surface area contributed by atoms with Crippen molar-refractivity contribution >= 4 is 38.8 Å². The van der Waals surface area contributed by atoms with Gasteiger partial charge in [-0.1, -0.05) is 0 Å². The number of carbonyl (C=O) groups excluding carboxylic acids is 1. The quantitative estimate of drug-likeness (QED) is 0.772. The van der Waals surface area contributed by atoms with Crippen LogP contribution in [0, 0.1) is 12.8 Å². The molecule has 0 spiro atoms. The molecule has 1 saturated heterocycles. The molecule has 0 bridgehead atoms. The molecule has 7 heteroatoms. The van der Waals surface area contributed by atoms with Crippen molar-refractivity contribution in [2.45, 2.75) is 26.4 Å². The van der Waals surface area contributed by atoms with Gasteiger partial charge in [-0.15, -0.1) is 22.7 Å². The van der Waals surface area contributed by atoms with E-state index in [-0.39, 0.29) is 17.9 Å². The second-order valence-corrected chi connectivity index (χ2v) is 7.94. The van der Waals surface area contributed by atoms with Crippen LogP contribution in [0.4, 0.5) is 0 Å². The molecule has 2 aromatic heterocycles. The van der Waals surface area contributed by atoms with Crippen LogP contribution in [0.2, 0.25) is 0 Å². The number of amides is 1. The lowest BCUT2D eigenvalue weighted by Crippen LogP contribution is -2.25. The number of aromatic nitrogens is 2. The Labute approximate surface area is 147 Å². The number of carbonyl (C=O) groups is 1. The van der Waals surface area contributed by atoms with Crippen molar-refractivity contribution in [3.63, 3.8) is 0 Å². The van der Waals surface area contributed by atoms with Gasteiger partial charge in [-0.2, -0.15) is 0 Å². The Bertz CT molecular complexity index is 889. The number of hydrogen-bond acceptors (Lipinski definition) is 6. The smallest absolute Gasteiger partial charge is 0.220 e. The maximum atomic E-state index is 11.5. The molecular formula is C17H17N3O2S2. The predicted molar refractivity (Wildman–Crippen MR) is 96.7 cm³/mol. The first-order chi connectivity index (χ1) is 11.6. The van der Waals surface area contributed by atoms with E-state index in [1.807, 2.05) is 30.8 Å². The summed E-state index contributed by atoms with van der Waals surface area (Å²) in [7, 11) is 0. The number of nitrogens with one attached hydrogen (secondary N) is 1. The second-order valence-electron chi connectivity index (χ2n) is 6.02. The summed E-state index contributed by atoms with van der Waals surface area (Å²) >= 11 is 3.20. The summed E-state index contributed by atoms with van der Waals surface area (Å²) in [5.41, 5.74) is 4.70. The van der Waals surface area contributed by atoms with Crippen LogP contribution in [0.5, 0.6) is 5.75 Å². The van der Waals surface area contributed by atoms with Gasteiger partial charge in [0.15, 0.2) is 0 Å². The van der Waals surface area contributed by atoms with Crippen molar-refractivity contribution in [2.75, 3.05) is 6.54 Å². The zero-order valence-electron chi connectivity index (χ0n) is 13.4. The van der Waals surface area contributed by atoms with Crippen LogP contribution in [0.1, 0.15) is 18.4 Å². The highest BCUT2D eigenvalue weighted by atomic mass is 32.1. The van der Waals surface area contributed by atoms with Gasteiger partial charge in [0.2, 0.25) is 5.91 Å². The van der Waals surface area contributed by atoms with E-state index in [0.717, 1.165) is 32.2 Å². The van der Waals surface area contributed by atoms with Crippen molar-refractivity contribution in [1.29, 1.82) is 0 Å². The number of rotatable bonds is 4. The van der Waals surface area contributed by atoms with E-state index in [0.29, 0.717) is 13.0 Å². The van der Waals surface area contributed by atoms with E-state index in [1.54, 1.807) is 22.7 Å². The number of benzene rings is 1. The number of hydrogen-bond donors (Lipinski definition) is 1. The summed E-state index contributed by atoms with van der Waals surface area (Å²) in [6.45, 7) is 4.71. The normalized spacial score (nSPS) is 18.8. The maximum Gasteiger partial charge on any atom is 0.220 e. The fraction of sp³-hybridized carbons (Fsp3) is 0.353. The summed E-state index contributed by atoms with van der Waals surface area (Å²) < 4.78 is 7.32. The van der Waals surface area contributed by atoms with Crippen LogP contribution in [0.3, 0.4) is 0 Å². The summed E-state index contributed by atoms with van der Waals surface area (Å²) in [5.74, 6) is 1.13. The highest BCUT2D eigenvalue weighted by Gasteiger charge is 2.28. The summed E-state index contributed by atoms with van der Waals surface area (Å²) in [6, 6.07) is 4.10. The molecule has 1 fully saturated rings. The standard InChI is InChI=1S/C17H17N3O2S2/c1-9(12-5-16(21)18-6-12)22-15-4-11(14-7-23-8-19-14)3-13-17(15)24-10(2)20-13/h3-4,7-9,12H,5-6H2,1-2H3,(H,18,21)/t9-,12-/m1/s1. The van der Waals surface area contributed by atoms with Crippen molar-refractivity contribution in [1.82, 2.24) is 15.3 Å². The van der Waals surface area contributed by atoms with Gasteiger partial charge in [0.1, 0.15) is 11.9 Å². The molecule has 3 heterocycles. The third kappa shape index (κ3) is 2.89. The van der Waals surface area contributed by atoms with Crippen molar-refractivity contribution in [3.8, 4) is 17.0 Å². The number of thiazole rings is 2. The number of aryl methyl sites for hydroxylation is 1. The average molecular weight is 359 g/mol. The highest BCUT2D eigenvalue weighted by Crippen LogP contribution is 2.37. The minimum absolute atomic E-state index is 0.0414. The minimum Gasteiger partial charge on any atom is -0.489 e. The van der Waals surface area contributed by atoms with E-state index in [2.05, 4.69) is 21.4 Å². The molecule has 24 heavy (non-hydrogen) atoms. The van der Waals surface area contributed by atoms with Crippen LogP contribution in [0.15, 0.2) is 23.0 Å². The van der Waals surface area contributed by atoms with E-state index in [4.69, 9.17) is 4.74 Å². The van der Waals surface area contributed by atoms with Crippen LogP contribution in [0.25, 0.3) is 21.5 Å². The van der Waals surface area contributed by atoms with Crippen molar-refractivity contribution < 1.29 is 9.53 Å². The predicted octanol–water partition coefficient (Wildman–Crippen LogP) is 3.63. The molecule has 2 atom stereocenters. The second kappa shape index (κ2) is 6.14.